The fraction of sp³-hybridized carbons (Fsp3) is 0.200. The number of hydrogen-bond acceptors (Lipinski definition) is 4. The van der Waals surface area contributed by atoms with Crippen molar-refractivity contribution in [1.82, 2.24) is 4.72 Å². The standard InChI is InChI=1S/C15H15Cl2NO4S/c1-21-11-6-4-3-5-10(11)9-18-23(19,20)13-8-7-12(22-2)14(16)15(13)17/h3-8,18H,9H2,1-2H3. The maximum Gasteiger partial charge on any atom is 0.242 e. The smallest absolute Gasteiger partial charge is 0.242 e. The minimum absolute atomic E-state index is 0.0503. The number of ether oxygens (including phenoxy) is 2. The quantitative estimate of drug-likeness (QED) is 0.838. The number of halogens is 2. The van der Waals surface area contributed by atoms with Crippen molar-refractivity contribution in [2.24, 2.45) is 0 Å². The van der Waals surface area contributed by atoms with Crippen molar-refractivity contribution in [3.05, 3.63) is 52.0 Å². The van der Waals surface area contributed by atoms with Crippen LogP contribution in [0.25, 0.3) is 0 Å². The first kappa shape index (κ1) is 17.9. The van der Waals surface area contributed by atoms with E-state index in [1.165, 1.54) is 26.4 Å². The summed E-state index contributed by atoms with van der Waals surface area (Å²) in [4.78, 5) is -0.111. The highest BCUT2D eigenvalue weighted by Crippen LogP contribution is 2.36. The molecule has 2 aromatic rings. The molecule has 0 aromatic heterocycles. The molecule has 8 heteroatoms. The third kappa shape index (κ3) is 3.90. The van der Waals surface area contributed by atoms with E-state index in [1.54, 1.807) is 24.3 Å². The average Bonchev–Trinajstić information content (AvgIpc) is 2.55. The summed E-state index contributed by atoms with van der Waals surface area (Å²) in [6, 6.07) is 9.91. The zero-order valence-corrected chi connectivity index (χ0v) is 14.8. The van der Waals surface area contributed by atoms with Gasteiger partial charge in [-0.15, -0.1) is 0 Å². The van der Waals surface area contributed by atoms with Crippen LogP contribution in [0.15, 0.2) is 41.3 Å². The Kier molecular flexibility index (Phi) is 5.75. The van der Waals surface area contributed by atoms with Gasteiger partial charge in [-0.3, -0.25) is 0 Å². The van der Waals surface area contributed by atoms with E-state index in [1.807, 2.05) is 0 Å². The SMILES string of the molecule is COc1ccccc1CNS(=O)(=O)c1ccc(OC)c(Cl)c1Cl. The summed E-state index contributed by atoms with van der Waals surface area (Å²) >= 11 is 12.0. The molecular formula is C15H15Cl2NO4S. The van der Waals surface area contributed by atoms with Crippen LogP contribution in [0, 0.1) is 0 Å². The van der Waals surface area contributed by atoms with Gasteiger partial charge in [0, 0.05) is 12.1 Å². The van der Waals surface area contributed by atoms with Crippen LogP contribution in [0.5, 0.6) is 11.5 Å². The van der Waals surface area contributed by atoms with Gasteiger partial charge in [0.05, 0.1) is 19.2 Å². The van der Waals surface area contributed by atoms with Crippen molar-refractivity contribution in [3.63, 3.8) is 0 Å². The first-order valence-electron chi connectivity index (χ1n) is 6.54. The first-order valence-corrected chi connectivity index (χ1v) is 8.78. The maximum atomic E-state index is 12.4. The van der Waals surface area contributed by atoms with Gasteiger partial charge in [0.25, 0.3) is 0 Å². The van der Waals surface area contributed by atoms with Crippen molar-refractivity contribution < 1.29 is 17.9 Å². The molecule has 0 saturated carbocycles. The molecule has 5 nitrogen and oxygen atoms in total. The summed E-state index contributed by atoms with van der Waals surface area (Å²) in [5, 5.41) is -0.0344. The number of para-hydroxylation sites is 1. The molecule has 0 amide bonds. The van der Waals surface area contributed by atoms with Crippen LogP contribution in [0.1, 0.15) is 5.56 Å². The number of hydrogen-bond donors (Lipinski definition) is 1. The number of methoxy groups -OCH3 is 2. The molecule has 0 aliphatic heterocycles. The average molecular weight is 376 g/mol. The number of sulfonamides is 1. The summed E-state index contributed by atoms with van der Waals surface area (Å²) in [5.41, 5.74) is 0.703. The zero-order chi connectivity index (χ0) is 17.0. The van der Waals surface area contributed by atoms with Crippen LogP contribution in [0.4, 0.5) is 0 Å². The van der Waals surface area contributed by atoms with Gasteiger partial charge >= 0.3 is 0 Å². The van der Waals surface area contributed by atoms with E-state index in [0.29, 0.717) is 17.1 Å². The second-order valence-corrected chi connectivity index (χ2v) is 7.02. The van der Waals surface area contributed by atoms with E-state index < -0.39 is 10.0 Å². The minimum Gasteiger partial charge on any atom is -0.496 e. The lowest BCUT2D eigenvalue weighted by Crippen LogP contribution is -2.24. The molecule has 2 rings (SSSR count). The van der Waals surface area contributed by atoms with Gasteiger partial charge in [-0.05, 0) is 18.2 Å². The molecule has 0 spiro atoms. The van der Waals surface area contributed by atoms with Crippen molar-refractivity contribution in [3.8, 4) is 11.5 Å². The molecule has 0 saturated heterocycles. The lowest BCUT2D eigenvalue weighted by molar-refractivity contribution is 0.409. The summed E-state index contributed by atoms with van der Waals surface area (Å²) in [6.45, 7) is 0.0618. The molecule has 0 atom stereocenters. The van der Waals surface area contributed by atoms with Crippen LogP contribution in [-0.2, 0) is 16.6 Å². The van der Waals surface area contributed by atoms with Crippen LogP contribution in [0.2, 0.25) is 10.0 Å². The highest BCUT2D eigenvalue weighted by molar-refractivity contribution is 7.89. The Morgan fingerprint density at radius 2 is 1.61 bits per heavy atom. The third-order valence-electron chi connectivity index (χ3n) is 3.17. The summed E-state index contributed by atoms with van der Waals surface area (Å²) < 4.78 is 37.6. The van der Waals surface area contributed by atoms with E-state index in [2.05, 4.69) is 4.72 Å². The molecule has 0 heterocycles. The molecule has 2 aromatic carbocycles. The van der Waals surface area contributed by atoms with E-state index in [-0.39, 0.29) is 21.5 Å². The third-order valence-corrected chi connectivity index (χ3v) is 5.59. The molecule has 1 N–H and O–H groups in total. The van der Waals surface area contributed by atoms with E-state index in [9.17, 15) is 8.42 Å². The fourth-order valence-corrected chi connectivity index (χ4v) is 3.82. The molecule has 0 fully saturated rings. The number of benzene rings is 2. The second kappa shape index (κ2) is 7.40. The van der Waals surface area contributed by atoms with Gasteiger partial charge < -0.3 is 9.47 Å². The van der Waals surface area contributed by atoms with Crippen LogP contribution >= 0.6 is 23.2 Å². The number of nitrogens with one attached hydrogen (secondary N) is 1. The highest BCUT2D eigenvalue weighted by Gasteiger charge is 2.22. The van der Waals surface area contributed by atoms with Crippen LogP contribution < -0.4 is 14.2 Å². The van der Waals surface area contributed by atoms with Crippen molar-refractivity contribution in [2.75, 3.05) is 14.2 Å². The molecule has 0 aliphatic rings. The molecule has 0 unspecified atom stereocenters. The fourth-order valence-electron chi connectivity index (χ4n) is 1.98. The zero-order valence-electron chi connectivity index (χ0n) is 12.5. The maximum absolute atomic E-state index is 12.4. The largest absolute Gasteiger partial charge is 0.496 e. The Morgan fingerprint density at radius 3 is 2.26 bits per heavy atom. The van der Waals surface area contributed by atoms with Crippen molar-refractivity contribution in [1.29, 1.82) is 0 Å². The Bertz CT molecular complexity index is 809. The van der Waals surface area contributed by atoms with Gasteiger partial charge in [0.15, 0.2) is 0 Å². The predicted octanol–water partition coefficient (Wildman–Crippen LogP) is 3.49. The molecule has 0 radical (unpaired) electrons. The van der Waals surface area contributed by atoms with Gasteiger partial charge in [-0.1, -0.05) is 41.4 Å². The van der Waals surface area contributed by atoms with E-state index >= 15 is 0 Å². The lowest BCUT2D eigenvalue weighted by atomic mass is 10.2. The normalized spacial score (nSPS) is 11.3. The second-order valence-electron chi connectivity index (χ2n) is 4.53. The Balaban J connectivity index is 2.28. The van der Waals surface area contributed by atoms with Gasteiger partial charge in [-0.2, -0.15) is 0 Å². The number of rotatable bonds is 6. The minimum atomic E-state index is -3.84. The molecule has 0 bridgehead atoms. The van der Waals surface area contributed by atoms with E-state index in [4.69, 9.17) is 32.7 Å². The summed E-state index contributed by atoms with van der Waals surface area (Å²) in [5.74, 6) is 0.898. The van der Waals surface area contributed by atoms with Gasteiger partial charge in [0.1, 0.15) is 21.4 Å². The van der Waals surface area contributed by atoms with Crippen LogP contribution in [-0.4, -0.2) is 22.6 Å². The molecule has 0 aliphatic carbocycles. The van der Waals surface area contributed by atoms with Crippen molar-refractivity contribution in [2.45, 2.75) is 11.4 Å². The first-order chi connectivity index (χ1) is 10.9. The Labute approximate surface area is 145 Å². The summed E-state index contributed by atoms with van der Waals surface area (Å²) in [6.07, 6.45) is 0. The highest BCUT2D eigenvalue weighted by atomic mass is 35.5. The monoisotopic (exact) mass is 375 g/mol. The molecular weight excluding hydrogens is 361 g/mol. The Hall–Kier alpha value is -1.47. The van der Waals surface area contributed by atoms with Crippen molar-refractivity contribution >= 4 is 33.2 Å². The van der Waals surface area contributed by atoms with Gasteiger partial charge in [0.2, 0.25) is 10.0 Å². The summed E-state index contributed by atoms with van der Waals surface area (Å²) in [7, 11) is -0.896. The Morgan fingerprint density at radius 1 is 0.957 bits per heavy atom. The van der Waals surface area contributed by atoms with Crippen LogP contribution in [0.3, 0.4) is 0 Å². The van der Waals surface area contributed by atoms with Gasteiger partial charge in [-0.25, -0.2) is 13.1 Å². The molecule has 124 valence electrons. The predicted molar refractivity (Wildman–Crippen MR) is 90.0 cm³/mol. The van der Waals surface area contributed by atoms with E-state index in [0.717, 1.165) is 0 Å². The lowest BCUT2D eigenvalue weighted by Gasteiger charge is -2.12. The topological polar surface area (TPSA) is 64.6 Å². The molecule has 23 heavy (non-hydrogen) atoms.